The lowest BCUT2D eigenvalue weighted by molar-refractivity contribution is -0.137. The Morgan fingerprint density at radius 2 is 1.51 bits per heavy atom. The van der Waals surface area contributed by atoms with Gasteiger partial charge in [-0.05, 0) is 79.6 Å². The van der Waals surface area contributed by atoms with Gasteiger partial charge in [0.05, 0.1) is 47.8 Å². The van der Waals surface area contributed by atoms with Crippen molar-refractivity contribution >= 4 is 34.7 Å². The van der Waals surface area contributed by atoms with E-state index >= 15 is 0 Å². The van der Waals surface area contributed by atoms with Crippen LogP contribution in [0.15, 0.2) is 109 Å². The molecule has 0 saturated heterocycles. The molecule has 0 amide bonds. The number of nitrogens with zero attached hydrogens (tertiary/aromatic N) is 1. The van der Waals surface area contributed by atoms with Crippen molar-refractivity contribution < 1.29 is 38.1 Å². The zero-order valence-corrected chi connectivity index (χ0v) is 25.4. The first-order valence-corrected chi connectivity index (χ1v) is 15.2. The molecule has 3 aromatic rings. The van der Waals surface area contributed by atoms with Crippen LogP contribution in [0.3, 0.4) is 0 Å². The molecule has 0 fully saturated rings. The minimum Gasteiger partial charge on any atom is -0.494 e. The van der Waals surface area contributed by atoms with Crippen molar-refractivity contribution in [2.45, 2.75) is 24.1 Å². The van der Waals surface area contributed by atoms with E-state index in [1.165, 1.54) is 25.3 Å². The molecule has 1 heterocycles. The summed E-state index contributed by atoms with van der Waals surface area (Å²) in [4.78, 5) is 41.5. The van der Waals surface area contributed by atoms with Crippen molar-refractivity contribution in [3.05, 3.63) is 120 Å². The first-order chi connectivity index (χ1) is 21.9. The van der Waals surface area contributed by atoms with E-state index in [1.54, 1.807) is 48.2 Å². The van der Waals surface area contributed by atoms with Crippen LogP contribution in [0, 0.1) is 0 Å². The topological polar surface area (TPSA) is 110 Å². The van der Waals surface area contributed by atoms with E-state index in [1.807, 2.05) is 24.3 Å². The Hall–Kier alpha value is -5.09. The number of ether oxygens (including phenoxy) is 5. The molecule has 0 saturated carbocycles. The van der Waals surface area contributed by atoms with Crippen LogP contribution >= 0.6 is 11.8 Å². The second kappa shape index (κ2) is 15.1. The molecular weight excluding hydrogens is 594 g/mol. The summed E-state index contributed by atoms with van der Waals surface area (Å²) in [6, 6.07) is 18.3. The summed E-state index contributed by atoms with van der Waals surface area (Å²) >= 11 is 1.71. The number of fused-ring (bicyclic) bond motifs is 1. The number of carbonyl (C=O) groups is 3. The van der Waals surface area contributed by atoms with E-state index < -0.39 is 17.9 Å². The average Bonchev–Trinajstić information content (AvgIpc) is 3.51. The standard InChI is InChI=1S/C35H31NO8S/c1-3-32(37)42-21-7-6-20-41-26-15-12-24(13-16-26)34(38)44-29-19-14-25(22-30(29)40-2)35(39)43-27-17-10-23(11-18-27)33-36-28-8-4-5-9-31(28)45-33/h3-5,8-19,22,28,31H,1,6-7,20-21H2,2H3. The van der Waals surface area contributed by atoms with E-state index in [2.05, 4.69) is 18.7 Å². The third kappa shape index (κ3) is 8.30. The number of hydrogen-bond acceptors (Lipinski definition) is 10. The maximum absolute atomic E-state index is 12.9. The number of rotatable bonds is 13. The number of carbonyl (C=O) groups excluding carboxylic acids is 3. The second-order valence-corrected chi connectivity index (χ2v) is 11.1. The fourth-order valence-electron chi connectivity index (χ4n) is 4.42. The van der Waals surface area contributed by atoms with Crippen LogP contribution in [0.1, 0.15) is 39.1 Å². The highest BCUT2D eigenvalue weighted by atomic mass is 32.2. The highest BCUT2D eigenvalue weighted by Gasteiger charge is 2.28. The van der Waals surface area contributed by atoms with Gasteiger partial charge < -0.3 is 23.7 Å². The first kappa shape index (κ1) is 31.3. The quantitative estimate of drug-likeness (QED) is 0.0925. The molecule has 45 heavy (non-hydrogen) atoms. The van der Waals surface area contributed by atoms with Crippen molar-refractivity contribution in [3.63, 3.8) is 0 Å². The van der Waals surface area contributed by atoms with Gasteiger partial charge in [0.15, 0.2) is 11.5 Å². The van der Waals surface area contributed by atoms with Crippen LogP contribution in [0.2, 0.25) is 0 Å². The lowest BCUT2D eigenvalue weighted by atomic mass is 10.1. The summed E-state index contributed by atoms with van der Waals surface area (Å²) < 4.78 is 27.1. The van der Waals surface area contributed by atoms with Crippen LogP contribution in [-0.4, -0.2) is 54.6 Å². The van der Waals surface area contributed by atoms with E-state index in [0.717, 1.165) is 16.7 Å². The van der Waals surface area contributed by atoms with Gasteiger partial charge >= 0.3 is 17.9 Å². The Labute approximate surface area is 265 Å². The molecule has 10 heteroatoms. The predicted octanol–water partition coefficient (Wildman–Crippen LogP) is 6.38. The first-order valence-electron chi connectivity index (χ1n) is 14.3. The van der Waals surface area contributed by atoms with E-state index in [0.29, 0.717) is 48.4 Å². The Bertz CT molecular complexity index is 1640. The molecule has 9 nitrogen and oxygen atoms in total. The molecule has 5 rings (SSSR count). The lowest BCUT2D eigenvalue weighted by Crippen LogP contribution is -2.13. The molecule has 1 aliphatic heterocycles. The predicted molar refractivity (Wildman–Crippen MR) is 172 cm³/mol. The molecule has 2 aliphatic rings. The molecule has 2 unspecified atom stereocenters. The van der Waals surface area contributed by atoms with Crippen molar-refractivity contribution in [3.8, 4) is 23.0 Å². The molecule has 230 valence electrons. The Morgan fingerprint density at radius 3 is 2.24 bits per heavy atom. The Balaban J connectivity index is 1.12. The molecular formula is C35H31NO8S. The third-order valence-electron chi connectivity index (χ3n) is 6.79. The largest absolute Gasteiger partial charge is 0.494 e. The third-order valence-corrected chi connectivity index (χ3v) is 8.07. The summed E-state index contributed by atoms with van der Waals surface area (Å²) in [7, 11) is 1.42. The highest BCUT2D eigenvalue weighted by Crippen LogP contribution is 2.34. The van der Waals surface area contributed by atoms with E-state index in [-0.39, 0.29) is 23.1 Å². The smallest absolute Gasteiger partial charge is 0.343 e. The number of thioether (sulfide) groups is 1. The second-order valence-electron chi connectivity index (χ2n) is 9.90. The minimum absolute atomic E-state index is 0.148. The van der Waals surface area contributed by atoms with Gasteiger partial charge in [0.2, 0.25) is 0 Å². The van der Waals surface area contributed by atoms with Gasteiger partial charge in [0.25, 0.3) is 0 Å². The van der Waals surface area contributed by atoms with Gasteiger partial charge in [0.1, 0.15) is 11.5 Å². The van der Waals surface area contributed by atoms with Gasteiger partial charge in [-0.25, -0.2) is 14.4 Å². The minimum atomic E-state index is -0.601. The fourth-order valence-corrected chi connectivity index (χ4v) is 5.59. The van der Waals surface area contributed by atoms with Gasteiger partial charge in [-0.1, -0.05) is 42.6 Å². The highest BCUT2D eigenvalue weighted by molar-refractivity contribution is 8.15. The van der Waals surface area contributed by atoms with Crippen molar-refractivity contribution in [2.75, 3.05) is 20.3 Å². The molecule has 0 radical (unpaired) electrons. The number of unbranched alkanes of at least 4 members (excludes halogenated alkanes) is 1. The number of benzene rings is 3. The van der Waals surface area contributed by atoms with Crippen molar-refractivity contribution in [1.29, 1.82) is 0 Å². The average molecular weight is 626 g/mol. The van der Waals surface area contributed by atoms with Crippen LogP contribution in [-0.2, 0) is 9.53 Å². The number of hydrogen-bond donors (Lipinski definition) is 0. The van der Waals surface area contributed by atoms with Gasteiger partial charge in [0, 0.05) is 11.6 Å². The zero-order valence-electron chi connectivity index (χ0n) is 24.5. The van der Waals surface area contributed by atoms with Gasteiger partial charge in [-0.3, -0.25) is 4.99 Å². The Morgan fingerprint density at radius 1 is 0.822 bits per heavy atom. The van der Waals surface area contributed by atoms with Crippen LogP contribution in [0.5, 0.6) is 23.0 Å². The van der Waals surface area contributed by atoms with Gasteiger partial charge in [-0.15, -0.1) is 0 Å². The summed E-state index contributed by atoms with van der Waals surface area (Å²) in [6.45, 7) is 4.07. The molecule has 0 aromatic heterocycles. The van der Waals surface area contributed by atoms with Crippen LogP contribution < -0.4 is 18.9 Å². The lowest BCUT2D eigenvalue weighted by Gasteiger charge is -2.12. The number of esters is 3. The normalized spacial score (nSPS) is 16.2. The summed E-state index contributed by atoms with van der Waals surface area (Å²) in [5.74, 6) is -0.302. The Kier molecular flexibility index (Phi) is 10.5. The number of allylic oxidation sites excluding steroid dienone is 2. The molecule has 1 aliphatic carbocycles. The maximum atomic E-state index is 12.9. The summed E-state index contributed by atoms with van der Waals surface area (Å²) in [5.41, 5.74) is 1.50. The molecule has 0 N–H and O–H groups in total. The monoisotopic (exact) mass is 625 g/mol. The number of methoxy groups -OCH3 is 1. The molecule has 2 atom stereocenters. The van der Waals surface area contributed by atoms with Crippen molar-refractivity contribution in [1.82, 2.24) is 0 Å². The summed E-state index contributed by atoms with van der Waals surface area (Å²) in [5, 5.41) is 1.26. The molecule has 3 aromatic carbocycles. The van der Waals surface area contributed by atoms with Crippen LogP contribution in [0.4, 0.5) is 0 Å². The van der Waals surface area contributed by atoms with Crippen LogP contribution in [0.25, 0.3) is 0 Å². The summed E-state index contributed by atoms with van der Waals surface area (Å²) in [6.07, 6.45) is 10.8. The van der Waals surface area contributed by atoms with E-state index in [4.69, 9.17) is 28.7 Å². The molecule has 0 spiro atoms. The fraction of sp³-hybridized carbons (Fsp3) is 0.200. The van der Waals surface area contributed by atoms with Crippen molar-refractivity contribution in [2.24, 2.45) is 4.99 Å². The molecule has 0 bridgehead atoms. The maximum Gasteiger partial charge on any atom is 0.343 e. The number of aliphatic imine (C=N–C) groups is 1. The van der Waals surface area contributed by atoms with E-state index in [9.17, 15) is 14.4 Å². The zero-order chi connectivity index (χ0) is 31.6. The SMILES string of the molecule is C=CC(=O)OCCCCOc1ccc(C(=O)Oc2ccc(C(=O)Oc3ccc(C4=NC5C=CC=CC5S4)cc3)cc2OC)cc1. The van der Waals surface area contributed by atoms with Gasteiger partial charge in [-0.2, -0.15) is 0 Å².